The Morgan fingerprint density at radius 2 is 2.03 bits per heavy atom. The lowest BCUT2D eigenvalue weighted by Crippen LogP contribution is -2.28. The minimum absolute atomic E-state index is 0.0181. The second-order valence-electron chi connectivity index (χ2n) is 9.85. The number of nitrogens with one attached hydrogen (secondary N) is 1. The molecule has 2 atom stereocenters. The zero-order chi connectivity index (χ0) is 24.1. The summed E-state index contributed by atoms with van der Waals surface area (Å²) in [5, 5.41) is 12.1. The Labute approximate surface area is 205 Å². The summed E-state index contributed by atoms with van der Waals surface area (Å²) in [5.74, 6) is 3.34. The number of anilines is 2. The van der Waals surface area contributed by atoms with Gasteiger partial charge in [-0.3, -0.25) is 9.69 Å². The van der Waals surface area contributed by atoms with Crippen molar-refractivity contribution in [2.75, 3.05) is 23.4 Å². The van der Waals surface area contributed by atoms with Gasteiger partial charge in [-0.1, -0.05) is 13.0 Å². The molecule has 0 bridgehead atoms. The molecule has 0 unspecified atom stereocenters. The van der Waals surface area contributed by atoms with E-state index >= 15 is 0 Å². The zero-order valence-corrected chi connectivity index (χ0v) is 20.7. The predicted octanol–water partition coefficient (Wildman–Crippen LogP) is 3.50. The standard InChI is InChI=1S/C26H32N8O/c1-4-17-10-11-23-30-31-25(34(17)23)20-8-5-9-22(28-20)33-15-19-18(26(33)35)13-24(29-21(19)14-27-3)32-12-6-7-16(32)2/h5,8-9,13,16-17,27H,4,6-7,10-12,14-15H2,1-3H3/t16-,17-/m1/s1. The highest BCUT2D eigenvalue weighted by Gasteiger charge is 2.35. The lowest BCUT2D eigenvalue weighted by Gasteiger charge is -2.24. The van der Waals surface area contributed by atoms with Crippen molar-refractivity contribution in [2.24, 2.45) is 0 Å². The fourth-order valence-corrected chi connectivity index (χ4v) is 5.83. The molecule has 0 saturated carbocycles. The van der Waals surface area contributed by atoms with E-state index in [1.54, 1.807) is 4.90 Å². The molecule has 1 N–H and O–H groups in total. The molecule has 0 aliphatic carbocycles. The molecule has 9 nitrogen and oxygen atoms in total. The second kappa shape index (κ2) is 8.71. The molecule has 3 aromatic heterocycles. The molecule has 0 spiro atoms. The Kier molecular flexibility index (Phi) is 5.51. The summed E-state index contributed by atoms with van der Waals surface area (Å²) >= 11 is 0. The van der Waals surface area contributed by atoms with Gasteiger partial charge in [-0.05, 0) is 57.9 Å². The van der Waals surface area contributed by atoms with E-state index in [2.05, 4.69) is 38.8 Å². The topological polar surface area (TPSA) is 92.1 Å². The summed E-state index contributed by atoms with van der Waals surface area (Å²) in [5.41, 5.74) is 3.42. The van der Waals surface area contributed by atoms with Crippen LogP contribution in [0.15, 0.2) is 24.3 Å². The first-order valence-electron chi connectivity index (χ1n) is 12.8. The van der Waals surface area contributed by atoms with Gasteiger partial charge in [0.25, 0.3) is 5.91 Å². The Morgan fingerprint density at radius 3 is 2.80 bits per heavy atom. The molecule has 0 aromatic carbocycles. The zero-order valence-electron chi connectivity index (χ0n) is 20.7. The molecule has 1 saturated heterocycles. The molecule has 1 amide bonds. The van der Waals surface area contributed by atoms with E-state index in [1.165, 1.54) is 0 Å². The van der Waals surface area contributed by atoms with Crippen molar-refractivity contribution in [1.82, 2.24) is 30.0 Å². The Morgan fingerprint density at radius 1 is 1.14 bits per heavy atom. The molecule has 182 valence electrons. The lowest BCUT2D eigenvalue weighted by molar-refractivity contribution is 0.0996. The summed E-state index contributed by atoms with van der Waals surface area (Å²) < 4.78 is 2.23. The highest BCUT2D eigenvalue weighted by Crippen LogP contribution is 2.36. The maximum absolute atomic E-state index is 13.7. The van der Waals surface area contributed by atoms with Crippen LogP contribution in [0.2, 0.25) is 0 Å². The molecular weight excluding hydrogens is 440 g/mol. The van der Waals surface area contributed by atoms with Crippen molar-refractivity contribution in [2.45, 2.75) is 71.1 Å². The summed E-state index contributed by atoms with van der Waals surface area (Å²) in [6.07, 6.45) is 5.39. The number of carbonyl (C=O) groups is 1. The predicted molar refractivity (Wildman–Crippen MR) is 134 cm³/mol. The third-order valence-electron chi connectivity index (χ3n) is 7.72. The number of amides is 1. The van der Waals surface area contributed by atoms with Gasteiger partial charge in [-0.2, -0.15) is 0 Å². The number of fused-ring (bicyclic) bond motifs is 2. The van der Waals surface area contributed by atoms with Gasteiger partial charge in [-0.25, -0.2) is 9.97 Å². The number of nitrogens with zero attached hydrogens (tertiary/aromatic N) is 7. The van der Waals surface area contributed by atoms with Gasteiger partial charge in [0, 0.05) is 37.2 Å². The molecule has 3 aliphatic heterocycles. The van der Waals surface area contributed by atoms with Crippen molar-refractivity contribution >= 4 is 17.5 Å². The molecule has 3 aromatic rings. The SMILES string of the molecule is CC[C@@H]1CCc2nnc(-c3cccc(N4Cc5c(cc(N6CCC[C@H]6C)nc5CNC)C4=O)n3)n21. The van der Waals surface area contributed by atoms with Crippen LogP contribution < -0.4 is 15.1 Å². The molecule has 9 heteroatoms. The molecule has 35 heavy (non-hydrogen) atoms. The van der Waals surface area contributed by atoms with Crippen molar-refractivity contribution in [3.63, 3.8) is 0 Å². The van der Waals surface area contributed by atoms with E-state index in [4.69, 9.17) is 9.97 Å². The molecule has 0 radical (unpaired) electrons. The first kappa shape index (κ1) is 22.2. The second-order valence-corrected chi connectivity index (χ2v) is 9.85. The van der Waals surface area contributed by atoms with Crippen LogP contribution in [0.3, 0.4) is 0 Å². The quantitative estimate of drug-likeness (QED) is 0.587. The molecule has 6 rings (SSSR count). The van der Waals surface area contributed by atoms with E-state index in [-0.39, 0.29) is 5.91 Å². The van der Waals surface area contributed by atoms with Gasteiger partial charge in [0.05, 0.1) is 17.8 Å². The highest BCUT2D eigenvalue weighted by atomic mass is 16.2. The van der Waals surface area contributed by atoms with E-state index in [9.17, 15) is 4.79 Å². The van der Waals surface area contributed by atoms with Crippen LogP contribution in [-0.4, -0.2) is 50.3 Å². The van der Waals surface area contributed by atoms with Gasteiger partial charge in [0.1, 0.15) is 23.2 Å². The molecular formula is C26H32N8O. The Hall–Kier alpha value is -3.33. The van der Waals surface area contributed by atoms with Crippen molar-refractivity contribution < 1.29 is 4.79 Å². The van der Waals surface area contributed by atoms with Crippen LogP contribution in [0.5, 0.6) is 0 Å². The largest absolute Gasteiger partial charge is 0.354 e. The number of hydrogen-bond donors (Lipinski definition) is 1. The first-order valence-corrected chi connectivity index (χ1v) is 12.8. The molecule has 6 heterocycles. The summed E-state index contributed by atoms with van der Waals surface area (Å²) in [4.78, 5) is 27.7. The average molecular weight is 473 g/mol. The maximum Gasteiger partial charge on any atom is 0.260 e. The fourth-order valence-electron chi connectivity index (χ4n) is 5.83. The number of pyridine rings is 2. The van der Waals surface area contributed by atoms with E-state index in [0.29, 0.717) is 31.0 Å². The minimum Gasteiger partial charge on any atom is -0.354 e. The fraction of sp³-hybridized carbons (Fsp3) is 0.500. The summed E-state index contributed by atoms with van der Waals surface area (Å²) in [6.45, 7) is 6.50. The maximum atomic E-state index is 13.7. The van der Waals surface area contributed by atoms with Gasteiger partial charge in [0.15, 0.2) is 5.82 Å². The number of aryl methyl sites for hydroxylation is 1. The molecule has 1 fully saturated rings. The summed E-state index contributed by atoms with van der Waals surface area (Å²) in [7, 11) is 1.92. The third kappa shape index (κ3) is 3.60. The highest BCUT2D eigenvalue weighted by molar-refractivity contribution is 6.10. The van der Waals surface area contributed by atoms with Crippen LogP contribution in [0.4, 0.5) is 11.6 Å². The van der Waals surface area contributed by atoms with Crippen LogP contribution in [0.1, 0.15) is 73.0 Å². The van der Waals surface area contributed by atoms with Gasteiger partial charge < -0.3 is 14.8 Å². The van der Waals surface area contributed by atoms with Crippen molar-refractivity contribution in [3.8, 4) is 11.5 Å². The summed E-state index contributed by atoms with van der Waals surface area (Å²) in [6, 6.07) is 8.64. The average Bonchev–Trinajstić information content (AvgIpc) is 3.64. The Bertz CT molecular complexity index is 1280. The Balaban J connectivity index is 1.36. The first-order chi connectivity index (χ1) is 17.1. The third-order valence-corrected chi connectivity index (χ3v) is 7.72. The van der Waals surface area contributed by atoms with E-state index < -0.39 is 0 Å². The molecule has 3 aliphatic rings. The van der Waals surface area contributed by atoms with Crippen LogP contribution in [-0.2, 0) is 19.5 Å². The number of rotatable bonds is 6. The van der Waals surface area contributed by atoms with Crippen LogP contribution in [0.25, 0.3) is 11.5 Å². The lowest BCUT2D eigenvalue weighted by atomic mass is 10.1. The normalized spacial score (nSPS) is 21.2. The van der Waals surface area contributed by atoms with Crippen LogP contribution >= 0.6 is 0 Å². The van der Waals surface area contributed by atoms with Gasteiger partial charge in [0.2, 0.25) is 0 Å². The number of aromatic nitrogens is 5. The van der Waals surface area contributed by atoms with E-state index in [1.807, 2.05) is 31.3 Å². The minimum atomic E-state index is -0.0181. The number of carbonyl (C=O) groups excluding carboxylic acids is 1. The van der Waals surface area contributed by atoms with Crippen LogP contribution in [0, 0.1) is 0 Å². The smallest absolute Gasteiger partial charge is 0.260 e. The van der Waals surface area contributed by atoms with Crippen molar-refractivity contribution in [1.29, 1.82) is 0 Å². The van der Waals surface area contributed by atoms with E-state index in [0.717, 1.165) is 78.6 Å². The van der Waals surface area contributed by atoms with Crippen molar-refractivity contribution in [3.05, 3.63) is 46.9 Å². The van der Waals surface area contributed by atoms with Gasteiger partial charge >= 0.3 is 0 Å². The van der Waals surface area contributed by atoms with Gasteiger partial charge in [-0.15, -0.1) is 10.2 Å². The monoisotopic (exact) mass is 472 g/mol. The number of hydrogen-bond acceptors (Lipinski definition) is 7.